The number of hydrogen-bond acceptors (Lipinski definition) is 6. The molecule has 0 saturated heterocycles. The van der Waals surface area contributed by atoms with Crippen molar-refractivity contribution in [3.8, 4) is 28.6 Å². The number of anilines is 1. The second-order valence-corrected chi connectivity index (χ2v) is 8.33. The predicted octanol–water partition coefficient (Wildman–Crippen LogP) is 4.59. The Hall–Kier alpha value is -3.72. The molecule has 1 N–H and O–H groups in total. The average molecular weight is 509 g/mol. The summed E-state index contributed by atoms with van der Waals surface area (Å²) in [5.74, 6) is 0.651. The van der Waals surface area contributed by atoms with E-state index in [1.807, 2.05) is 36.4 Å². The van der Waals surface area contributed by atoms with E-state index in [0.29, 0.717) is 28.5 Å². The maximum atomic E-state index is 13.3. The van der Waals surface area contributed by atoms with Gasteiger partial charge in [0.25, 0.3) is 11.4 Å². The zero-order valence-corrected chi connectivity index (χ0v) is 19.8. The number of methoxy groups -OCH3 is 1. The van der Waals surface area contributed by atoms with Crippen LogP contribution in [-0.2, 0) is 11.3 Å². The zero-order valence-electron chi connectivity index (χ0n) is 18.3. The molecule has 0 saturated carbocycles. The third kappa shape index (κ3) is 4.73. The van der Waals surface area contributed by atoms with E-state index in [0.717, 1.165) is 10.0 Å². The van der Waals surface area contributed by atoms with Crippen molar-refractivity contribution >= 4 is 27.5 Å². The van der Waals surface area contributed by atoms with Gasteiger partial charge in [-0.3, -0.25) is 9.59 Å². The Morgan fingerprint density at radius 2 is 1.88 bits per heavy atom. The molecule has 9 heteroatoms. The Kier molecular flexibility index (Phi) is 6.41. The van der Waals surface area contributed by atoms with E-state index in [9.17, 15) is 9.59 Å². The minimum absolute atomic E-state index is 0.106. The third-order valence-corrected chi connectivity index (χ3v) is 5.66. The largest absolute Gasteiger partial charge is 0.495 e. The maximum Gasteiger partial charge on any atom is 0.264 e. The van der Waals surface area contributed by atoms with Gasteiger partial charge in [0.2, 0.25) is 11.7 Å². The van der Waals surface area contributed by atoms with E-state index in [4.69, 9.17) is 9.26 Å². The minimum atomic E-state index is -0.381. The number of pyridine rings is 1. The van der Waals surface area contributed by atoms with E-state index >= 15 is 0 Å². The van der Waals surface area contributed by atoms with Crippen LogP contribution in [0.3, 0.4) is 0 Å². The summed E-state index contributed by atoms with van der Waals surface area (Å²) in [5.41, 5.74) is 2.50. The lowest BCUT2D eigenvalue weighted by atomic mass is 10.1. The highest BCUT2D eigenvalue weighted by molar-refractivity contribution is 9.10. The van der Waals surface area contributed by atoms with Gasteiger partial charge in [0, 0.05) is 15.7 Å². The number of aromatic nitrogens is 3. The summed E-state index contributed by atoms with van der Waals surface area (Å²) >= 11 is 3.39. The maximum absolute atomic E-state index is 13.3. The molecule has 0 bridgehead atoms. The summed E-state index contributed by atoms with van der Waals surface area (Å²) in [6, 6.07) is 16.3. The molecule has 33 heavy (non-hydrogen) atoms. The number of carbonyl (C=O) groups excluding carboxylic acids is 1. The van der Waals surface area contributed by atoms with Gasteiger partial charge in [0.05, 0.1) is 12.8 Å². The molecular weight excluding hydrogens is 488 g/mol. The first-order valence-electron chi connectivity index (χ1n) is 10.1. The van der Waals surface area contributed by atoms with E-state index in [-0.39, 0.29) is 29.5 Å². The third-order valence-electron chi connectivity index (χ3n) is 5.13. The van der Waals surface area contributed by atoms with Crippen LogP contribution in [0.2, 0.25) is 0 Å². The first kappa shape index (κ1) is 22.5. The number of hydrogen-bond donors (Lipinski definition) is 1. The molecule has 4 aromatic rings. The number of nitrogens with one attached hydrogen (secondary N) is 1. The lowest BCUT2D eigenvalue weighted by molar-refractivity contribution is -0.116. The van der Waals surface area contributed by atoms with Crippen molar-refractivity contribution in [2.24, 2.45) is 0 Å². The number of benzene rings is 2. The SMILES string of the molecule is COc1ccccc1NC(=O)Cn1c(C)cc(C)c(-c2nc(-c3ccc(Br)cc3)no2)c1=O. The molecule has 0 aliphatic rings. The Morgan fingerprint density at radius 3 is 2.61 bits per heavy atom. The molecule has 0 aliphatic carbocycles. The summed E-state index contributed by atoms with van der Waals surface area (Å²) in [6.07, 6.45) is 0. The molecule has 0 spiro atoms. The molecular formula is C24H21BrN4O4. The topological polar surface area (TPSA) is 99.2 Å². The molecule has 0 radical (unpaired) electrons. The Balaban J connectivity index is 1.65. The highest BCUT2D eigenvalue weighted by Gasteiger charge is 2.20. The number of carbonyl (C=O) groups is 1. The second-order valence-electron chi connectivity index (χ2n) is 7.41. The molecule has 168 valence electrons. The van der Waals surface area contributed by atoms with Gasteiger partial charge >= 0.3 is 0 Å². The number of halogens is 1. The summed E-state index contributed by atoms with van der Waals surface area (Å²) in [6.45, 7) is 3.39. The number of para-hydroxylation sites is 2. The van der Waals surface area contributed by atoms with Gasteiger partial charge in [0.1, 0.15) is 17.9 Å². The van der Waals surface area contributed by atoms with Crippen LogP contribution in [-0.4, -0.2) is 27.7 Å². The quantitative estimate of drug-likeness (QED) is 0.408. The van der Waals surface area contributed by atoms with Crippen LogP contribution in [0, 0.1) is 13.8 Å². The van der Waals surface area contributed by atoms with Crippen LogP contribution in [0.15, 0.2) is 68.4 Å². The average Bonchev–Trinajstić information content (AvgIpc) is 3.27. The molecule has 2 aromatic heterocycles. The second kappa shape index (κ2) is 9.41. The minimum Gasteiger partial charge on any atom is -0.495 e. The summed E-state index contributed by atoms with van der Waals surface area (Å²) in [4.78, 5) is 30.5. The Bertz CT molecular complexity index is 1380. The lowest BCUT2D eigenvalue weighted by Crippen LogP contribution is -2.30. The molecule has 0 atom stereocenters. The predicted molar refractivity (Wildman–Crippen MR) is 128 cm³/mol. The standard InChI is InChI=1S/C24H21BrN4O4/c1-14-12-15(2)29(13-20(30)26-18-6-4-5-7-19(18)32-3)24(31)21(14)23-27-22(28-33-23)16-8-10-17(25)11-9-16/h4-12H,13H2,1-3H3,(H,26,30). The molecule has 0 aliphatic heterocycles. The van der Waals surface area contributed by atoms with Crippen molar-refractivity contribution in [3.05, 3.63) is 80.7 Å². The number of amides is 1. The van der Waals surface area contributed by atoms with Crippen LogP contribution < -0.4 is 15.6 Å². The van der Waals surface area contributed by atoms with Gasteiger partial charge in [-0.25, -0.2) is 0 Å². The van der Waals surface area contributed by atoms with Crippen LogP contribution in [0.4, 0.5) is 5.69 Å². The van der Waals surface area contributed by atoms with E-state index in [2.05, 4.69) is 31.4 Å². The molecule has 4 rings (SSSR count). The molecule has 8 nitrogen and oxygen atoms in total. The summed E-state index contributed by atoms with van der Waals surface area (Å²) in [7, 11) is 1.53. The normalized spacial score (nSPS) is 10.8. The Morgan fingerprint density at radius 1 is 1.15 bits per heavy atom. The van der Waals surface area contributed by atoms with Gasteiger partial charge < -0.3 is 19.1 Å². The van der Waals surface area contributed by atoms with Gasteiger partial charge in [-0.1, -0.05) is 33.2 Å². The molecule has 0 fully saturated rings. The van der Waals surface area contributed by atoms with Crippen LogP contribution in [0.1, 0.15) is 11.3 Å². The number of aryl methyl sites for hydroxylation is 2. The first-order chi connectivity index (χ1) is 15.9. The fourth-order valence-electron chi connectivity index (χ4n) is 3.51. The number of ether oxygens (including phenoxy) is 1. The molecule has 0 unspecified atom stereocenters. The number of rotatable bonds is 6. The van der Waals surface area contributed by atoms with Gasteiger partial charge in [-0.15, -0.1) is 0 Å². The molecule has 2 heterocycles. The fraction of sp³-hybridized carbons (Fsp3) is 0.167. The van der Waals surface area contributed by atoms with Crippen molar-refractivity contribution in [2.45, 2.75) is 20.4 Å². The van der Waals surface area contributed by atoms with Crippen LogP contribution in [0.25, 0.3) is 22.8 Å². The van der Waals surface area contributed by atoms with Crippen molar-refractivity contribution in [3.63, 3.8) is 0 Å². The van der Waals surface area contributed by atoms with Crippen molar-refractivity contribution in [1.82, 2.24) is 14.7 Å². The Labute approximate surface area is 198 Å². The fourth-order valence-corrected chi connectivity index (χ4v) is 3.77. The van der Waals surface area contributed by atoms with E-state index in [1.165, 1.54) is 11.7 Å². The van der Waals surface area contributed by atoms with Gasteiger partial charge in [0.15, 0.2) is 0 Å². The lowest BCUT2D eigenvalue weighted by Gasteiger charge is -2.14. The van der Waals surface area contributed by atoms with E-state index in [1.54, 1.807) is 32.0 Å². The van der Waals surface area contributed by atoms with Crippen molar-refractivity contribution < 1.29 is 14.1 Å². The highest BCUT2D eigenvalue weighted by Crippen LogP contribution is 2.25. The smallest absolute Gasteiger partial charge is 0.264 e. The summed E-state index contributed by atoms with van der Waals surface area (Å²) in [5, 5.41) is 6.81. The number of nitrogens with zero attached hydrogens (tertiary/aromatic N) is 3. The zero-order chi connectivity index (χ0) is 23.5. The first-order valence-corrected chi connectivity index (χ1v) is 10.9. The van der Waals surface area contributed by atoms with Gasteiger partial charge in [-0.2, -0.15) is 4.98 Å². The molecule has 1 amide bonds. The van der Waals surface area contributed by atoms with E-state index < -0.39 is 0 Å². The highest BCUT2D eigenvalue weighted by atomic mass is 79.9. The monoisotopic (exact) mass is 508 g/mol. The van der Waals surface area contributed by atoms with Gasteiger partial charge in [-0.05, 0) is 61.9 Å². The summed E-state index contributed by atoms with van der Waals surface area (Å²) < 4.78 is 13.0. The van der Waals surface area contributed by atoms with Crippen molar-refractivity contribution in [1.29, 1.82) is 0 Å². The van der Waals surface area contributed by atoms with Crippen LogP contribution >= 0.6 is 15.9 Å². The van der Waals surface area contributed by atoms with Crippen LogP contribution in [0.5, 0.6) is 5.75 Å². The van der Waals surface area contributed by atoms with Crippen molar-refractivity contribution in [2.75, 3.05) is 12.4 Å². The molecule has 2 aromatic carbocycles.